The third kappa shape index (κ3) is 3.19. The van der Waals surface area contributed by atoms with Crippen LogP contribution in [0, 0.1) is 11.3 Å². The largest absolute Gasteiger partial charge is 0.396 e. The Hall–Kier alpha value is -2.47. The number of benzene rings is 2. The molecule has 0 radical (unpaired) electrons. The fourth-order valence-corrected chi connectivity index (χ4v) is 5.46. The number of aromatic nitrogens is 2. The quantitative estimate of drug-likeness (QED) is 0.680. The molecule has 5 nitrogen and oxygen atoms in total. The Bertz CT molecular complexity index is 959. The van der Waals surface area contributed by atoms with Gasteiger partial charge in [-0.2, -0.15) is 5.10 Å². The van der Waals surface area contributed by atoms with Crippen LogP contribution in [-0.2, 0) is 13.1 Å². The summed E-state index contributed by atoms with van der Waals surface area (Å²) in [6.45, 7) is 3.14. The average molecular weight is 389 g/mol. The number of hydrogen-bond donors (Lipinski definition) is 2. The van der Waals surface area contributed by atoms with Gasteiger partial charge >= 0.3 is 0 Å². The van der Waals surface area contributed by atoms with Crippen LogP contribution in [0.2, 0.25) is 0 Å². The van der Waals surface area contributed by atoms with Crippen LogP contribution in [-0.4, -0.2) is 50.7 Å². The molecule has 0 unspecified atom stereocenters. The maximum Gasteiger partial charge on any atom is 0.0745 e. The maximum atomic E-state index is 11.0. The topological polar surface area (TPSA) is 61.5 Å². The molecule has 1 aromatic heterocycles. The van der Waals surface area contributed by atoms with E-state index < -0.39 is 6.10 Å². The molecule has 0 amide bonds. The number of hydrogen-bond acceptors (Lipinski definition) is 4. The SMILES string of the molecule is OC[C@@H]1[C@@H](c2ccccc2)[C@]12CN(Cc1ccccc1Cn1cccn1)C[C@H]2O. The first-order chi connectivity index (χ1) is 14.2. The molecule has 2 aliphatic rings. The van der Waals surface area contributed by atoms with E-state index in [1.807, 2.05) is 35.1 Å². The van der Waals surface area contributed by atoms with Gasteiger partial charge in [-0.1, -0.05) is 54.6 Å². The number of likely N-dealkylation sites (tertiary alicyclic amines) is 1. The van der Waals surface area contributed by atoms with Gasteiger partial charge in [0.15, 0.2) is 0 Å². The molecule has 2 aromatic carbocycles. The first kappa shape index (κ1) is 18.6. The molecule has 2 fully saturated rings. The van der Waals surface area contributed by atoms with Crippen LogP contribution in [0.25, 0.3) is 0 Å². The van der Waals surface area contributed by atoms with Crippen LogP contribution in [0.1, 0.15) is 22.6 Å². The van der Waals surface area contributed by atoms with E-state index in [-0.39, 0.29) is 23.9 Å². The summed E-state index contributed by atoms with van der Waals surface area (Å²) < 4.78 is 1.94. The van der Waals surface area contributed by atoms with Crippen molar-refractivity contribution in [3.8, 4) is 0 Å². The second-order valence-corrected chi connectivity index (χ2v) is 8.45. The summed E-state index contributed by atoms with van der Waals surface area (Å²) in [6, 6.07) is 20.7. The Kier molecular flexibility index (Phi) is 4.74. The van der Waals surface area contributed by atoms with Crippen molar-refractivity contribution >= 4 is 0 Å². The number of β-amino-alcohol motifs (C(OH)–C–C–N with tert-alkyl or cyclic N) is 1. The van der Waals surface area contributed by atoms with Gasteiger partial charge in [0.1, 0.15) is 0 Å². The zero-order valence-electron chi connectivity index (χ0n) is 16.4. The van der Waals surface area contributed by atoms with Gasteiger partial charge in [0.2, 0.25) is 0 Å². The molecule has 150 valence electrons. The molecule has 2 N–H and O–H groups in total. The highest BCUT2D eigenvalue weighted by Gasteiger charge is 2.70. The third-order valence-corrected chi connectivity index (χ3v) is 6.87. The van der Waals surface area contributed by atoms with Crippen LogP contribution in [0.3, 0.4) is 0 Å². The summed E-state index contributed by atoms with van der Waals surface area (Å²) in [7, 11) is 0. The molecule has 3 aromatic rings. The summed E-state index contributed by atoms with van der Waals surface area (Å²) in [5.41, 5.74) is 3.52. The number of aliphatic hydroxyl groups is 2. The van der Waals surface area contributed by atoms with E-state index in [2.05, 4.69) is 46.4 Å². The van der Waals surface area contributed by atoms with Gasteiger partial charge in [-0.25, -0.2) is 0 Å². The molecule has 1 saturated carbocycles. The van der Waals surface area contributed by atoms with E-state index >= 15 is 0 Å². The van der Waals surface area contributed by atoms with Crippen LogP contribution < -0.4 is 0 Å². The highest BCUT2D eigenvalue weighted by atomic mass is 16.3. The lowest BCUT2D eigenvalue weighted by Crippen LogP contribution is -2.23. The predicted octanol–water partition coefficient (Wildman–Crippen LogP) is 2.50. The first-order valence-corrected chi connectivity index (χ1v) is 10.3. The number of nitrogens with zero attached hydrogens (tertiary/aromatic N) is 3. The summed E-state index contributed by atoms with van der Waals surface area (Å²) >= 11 is 0. The molecular formula is C24H27N3O2. The Labute approximate surface area is 171 Å². The van der Waals surface area contributed by atoms with Gasteiger partial charge in [-0.3, -0.25) is 9.58 Å². The minimum atomic E-state index is -0.414. The predicted molar refractivity (Wildman–Crippen MR) is 111 cm³/mol. The number of aliphatic hydroxyl groups excluding tert-OH is 2. The van der Waals surface area contributed by atoms with Gasteiger partial charge in [0.05, 0.1) is 12.6 Å². The molecule has 4 atom stereocenters. The van der Waals surface area contributed by atoms with E-state index in [9.17, 15) is 10.2 Å². The molecule has 2 heterocycles. The fraction of sp³-hybridized carbons (Fsp3) is 0.375. The van der Waals surface area contributed by atoms with Gasteiger partial charge in [-0.05, 0) is 34.6 Å². The minimum Gasteiger partial charge on any atom is -0.396 e. The van der Waals surface area contributed by atoms with Crippen LogP contribution in [0.15, 0.2) is 73.1 Å². The molecule has 1 saturated heterocycles. The molecular weight excluding hydrogens is 362 g/mol. The summed E-state index contributed by atoms with van der Waals surface area (Å²) in [5, 5.41) is 25.3. The van der Waals surface area contributed by atoms with Crippen molar-refractivity contribution in [3.63, 3.8) is 0 Å². The molecule has 5 heteroatoms. The molecule has 1 spiro atoms. The Morgan fingerprint density at radius 3 is 2.38 bits per heavy atom. The summed E-state index contributed by atoms with van der Waals surface area (Å²) in [6.07, 6.45) is 3.36. The van der Waals surface area contributed by atoms with E-state index in [1.165, 1.54) is 16.7 Å². The van der Waals surface area contributed by atoms with Gasteiger partial charge in [0, 0.05) is 44.0 Å². The lowest BCUT2D eigenvalue weighted by molar-refractivity contribution is 0.111. The standard InChI is InChI=1S/C24H27N3O2/c28-16-21-23(18-7-2-1-3-8-18)24(21)17-26(15-22(24)29)13-19-9-4-5-10-20(19)14-27-12-6-11-25-27/h1-12,21-23,28-29H,13-17H2/t21-,22-,23-,24-/m1/s1. The van der Waals surface area contributed by atoms with Gasteiger partial charge < -0.3 is 10.2 Å². The highest BCUT2D eigenvalue weighted by Crippen LogP contribution is 2.68. The highest BCUT2D eigenvalue weighted by molar-refractivity contribution is 5.37. The van der Waals surface area contributed by atoms with Gasteiger partial charge in [0.25, 0.3) is 0 Å². The summed E-state index contributed by atoms with van der Waals surface area (Å²) in [4.78, 5) is 2.35. The molecule has 1 aliphatic carbocycles. The molecule has 5 rings (SSSR count). The third-order valence-electron chi connectivity index (χ3n) is 6.87. The zero-order chi connectivity index (χ0) is 19.8. The second kappa shape index (κ2) is 7.41. The Morgan fingerprint density at radius 2 is 1.69 bits per heavy atom. The van der Waals surface area contributed by atoms with Crippen molar-refractivity contribution in [3.05, 3.63) is 89.7 Å². The minimum absolute atomic E-state index is 0.125. The van der Waals surface area contributed by atoms with E-state index in [0.717, 1.165) is 19.6 Å². The van der Waals surface area contributed by atoms with Gasteiger partial charge in [-0.15, -0.1) is 0 Å². The monoisotopic (exact) mass is 389 g/mol. The first-order valence-electron chi connectivity index (χ1n) is 10.3. The van der Waals surface area contributed by atoms with Crippen molar-refractivity contribution in [2.45, 2.75) is 25.1 Å². The maximum absolute atomic E-state index is 11.0. The van der Waals surface area contributed by atoms with Crippen LogP contribution in [0.5, 0.6) is 0 Å². The summed E-state index contributed by atoms with van der Waals surface area (Å²) in [5.74, 6) is 0.359. The van der Waals surface area contributed by atoms with Crippen LogP contribution >= 0.6 is 0 Å². The molecule has 1 aliphatic heterocycles. The zero-order valence-corrected chi connectivity index (χ0v) is 16.4. The normalized spacial score (nSPS) is 28.8. The van der Waals surface area contributed by atoms with E-state index in [4.69, 9.17) is 0 Å². The van der Waals surface area contributed by atoms with Crippen molar-refractivity contribution in [1.82, 2.24) is 14.7 Å². The van der Waals surface area contributed by atoms with E-state index in [1.54, 1.807) is 6.20 Å². The van der Waals surface area contributed by atoms with Crippen LogP contribution in [0.4, 0.5) is 0 Å². The lowest BCUT2D eigenvalue weighted by atomic mass is 9.95. The van der Waals surface area contributed by atoms with Crippen molar-refractivity contribution in [1.29, 1.82) is 0 Å². The fourth-order valence-electron chi connectivity index (χ4n) is 5.46. The average Bonchev–Trinajstić information content (AvgIpc) is 2.99. The number of rotatable bonds is 6. The second-order valence-electron chi connectivity index (χ2n) is 8.45. The lowest BCUT2D eigenvalue weighted by Gasteiger charge is -2.19. The molecule has 0 bridgehead atoms. The van der Waals surface area contributed by atoms with Crippen molar-refractivity contribution < 1.29 is 10.2 Å². The molecule has 29 heavy (non-hydrogen) atoms. The Morgan fingerprint density at radius 1 is 0.966 bits per heavy atom. The smallest absolute Gasteiger partial charge is 0.0745 e. The van der Waals surface area contributed by atoms with Crippen molar-refractivity contribution in [2.75, 3.05) is 19.7 Å². The van der Waals surface area contributed by atoms with Crippen molar-refractivity contribution in [2.24, 2.45) is 11.3 Å². The van der Waals surface area contributed by atoms with E-state index in [0.29, 0.717) is 6.54 Å². The Balaban J connectivity index is 1.35.